The van der Waals surface area contributed by atoms with Crippen LogP contribution in [0.4, 0.5) is 5.82 Å². The molecule has 3 N–H and O–H groups in total. The van der Waals surface area contributed by atoms with Crippen LogP contribution in [0.15, 0.2) is 30.3 Å². The molecule has 0 radical (unpaired) electrons. The van der Waals surface area contributed by atoms with Crippen molar-refractivity contribution in [3.05, 3.63) is 45.8 Å². The molecule has 1 aromatic carbocycles. The molecule has 0 atom stereocenters. The zero-order chi connectivity index (χ0) is 14.3. The highest BCUT2D eigenvalue weighted by atomic mass is 35.5. The number of H-pyrrole nitrogens is 1. The van der Waals surface area contributed by atoms with E-state index in [1.54, 1.807) is 0 Å². The zero-order valence-electron chi connectivity index (χ0n) is 11.2. The van der Waals surface area contributed by atoms with E-state index in [1.807, 2.05) is 12.1 Å². The van der Waals surface area contributed by atoms with Crippen molar-refractivity contribution in [2.75, 3.05) is 5.73 Å². The van der Waals surface area contributed by atoms with Gasteiger partial charge in [0.15, 0.2) is 5.82 Å². The average molecular weight is 304 g/mol. The van der Waals surface area contributed by atoms with Crippen LogP contribution in [0.5, 0.6) is 0 Å². The zero-order valence-corrected chi connectivity index (χ0v) is 12.8. The second kappa shape index (κ2) is 4.96. The molecule has 0 aliphatic rings. The van der Waals surface area contributed by atoms with Gasteiger partial charge in [-0.25, -0.2) is 0 Å². The van der Waals surface area contributed by atoms with Crippen LogP contribution in [0.1, 0.15) is 11.1 Å². The average Bonchev–Trinajstić information content (AvgIpc) is 2.99. The van der Waals surface area contributed by atoms with Gasteiger partial charge < -0.3 is 5.73 Å². The van der Waals surface area contributed by atoms with Crippen LogP contribution < -0.4 is 5.73 Å². The number of nitrogen functional groups attached to an aromatic ring is 1. The first kappa shape index (κ1) is 13.2. The van der Waals surface area contributed by atoms with Crippen molar-refractivity contribution in [1.29, 1.82) is 0 Å². The van der Waals surface area contributed by atoms with Gasteiger partial charge in [-0.2, -0.15) is 5.10 Å². The number of hydrogen-bond donors (Lipinski definition) is 2. The molecule has 3 aromatic rings. The van der Waals surface area contributed by atoms with Gasteiger partial charge >= 0.3 is 0 Å². The minimum absolute atomic E-state index is 0.507. The topological polar surface area (TPSA) is 54.7 Å². The summed E-state index contributed by atoms with van der Waals surface area (Å²) in [6, 6.07) is 10.2. The SMILES string of the molecule is Cc1ccc(-c2c(N)n[nH]c2-c2ccc(Cl)s2)cc1C. The number of aromatic nitrogens is 2. The van der Waals surface area contributed by atoms with E-state index in [0.29, 0.717) is 5.82 Å². The van der Waals surface area contributed by atoms with Crippen molar-refractivity contribution in [2.24, 2.45) is 0 Å². The van der Waals surface area contributed by atoms with Gasteiger partial charge in [-0.1, -0.05) is 29.8 Å². The van der Waals surface area contributed by atoms with Crippen molar-refractivity contribution in [1.82, 2.24) is 10.2 Å². The van der Waals surface area contributed by atoms with Crippen molar-refractivity contribution in [2.45, 2.75) is 13.8 Å². The van der Waals surface area contributed by atoms with Crippen molar-refractivity contribution >= 4 is 28.8 Å². The van der Waals surface area contributed by atoms with E-state index in [-0.39, 0.29) is 0 Å². The lowest BCUT2D eigenvalue weighted by Crippen LogP contribution is -1.90. The van der Waals surface area contributed by atoms with E-state index >= 15 is 0 Å². The summed E-state index contributed by atoms with van der Waals surface area (Å²) >= 11 is 7.52. The third-order valence-corrected chi connectivity index (χ3v) is 4.66. The fourth-order valence-electron chi connectivity index (χ4n) is 2.17. The third kappa shape index (κ3) is 2.21. The smallest absolute Gasteiger partial charge is 0.153 e. The molecule has 20 heavy (non-hydrogen) atoms. The molecule has 0 aliphatic carbocycles. The number of halogens is 1. The first-order valence-electron chi connectivity index (χ1n) is 6.23. The third-order valence-electron chi connectivity index (χ3n) is 3.41. The normalized spacial score (nSPS) is 10.9. The predicted octanol–water partition coefficient (Wildman–Crippen LogP) is 4.66. The number of hydrogen-bond acceptors (Lipinski definition) is 3. The Morgan fingerprint density at radius 3 is 2.60 bits per heavy atom. The molecule has 0 spiro atoms. The van der Waals surface area contributed by atoms with E-state index < -0.39 is 0 Å². The number of nitrogens with two attached hydrogens (primary N) is 1. The summed E-state index contributed by atoms with van der Waals surface area (Å²) in [5, 5.41) is 7.16. The molecule has 0 amide bonds. The van der Waals surface area contributed by atoms with Gasteiger partial charge in [-0.15, -0.1) is 11.3 Å². The summed E-state index contributed by atoms with van der Waals surface area (Å²) in [5.41, 5.74) is 11.5. The maximum absolute atomic E-state index is 6.03. The lowest BCUT2D eigenvalue weighted by molar-refractivity contribution is 1.11. The number of aromatic amines is 1. The van der Waals surface area contributed by atoms with E-state index in [1.165, 1.54) is 22.5 Å². The highest BCUT2D eigenvalue weighted by Crippen LogP contribution is 2.39. The first-order valence-corrected chi connectivity index (χ1v) is 7.43. The highest BCUT2D eigenvalue weighted by Gasteiger charge is 2.16. The number of aryl methyl sites for hydroxylation is 2. The number of nitrogens with zero attached hydrogens (tertiary/aromatic N) is 1. The molecular formula is C15H14ClN3S. The second-order valence-electron chi connectivity index (χ2n) is 4.76. The van der Waals surface area contributed by atoms with Crippen LogP contribution in [0.25, 0.3) is 21.7 Å². The Labute approximate surface area is 126 Å². The van der Waals surface area contributed by atoms with Crippen LogP contribution in [-0.4, -0.2) is 10.2 Å². The molecule has 0 unspecified atom stereocenters. The molecule has 0 bridgehead atoms. The maximum atomic E-state index is 6.03. The monoisotopic (exact) mass is 303 g/mol. The molecule has 102 valence electrons. The van der Waals surface area contributed by atoms with Gasteiger partial charge in [0.25, 0.3) is 0 Å². The standard InChI is InChI=1S/C15H14ClN3S/c1-8-3-4-10(7-9(8)2)13-14(18-19-15(13)17)11-5-6-12(16)20-11/h3-7H,1-2H3,(H3,17,18,19). The minimum atomic E-state index is 0.507. The van der Waals surface area contributed by atoms with Crippen LogP contribution in [0.3, 0.4) is 0 Å². The Bertz CT molecular complexity index is 773. The van der Waals surface area contributed by atoms with Crippen LogP contribution >= 0.6 is 22.9 Å². The summed E-state index contributed by atoms with van der Waals surface area (Å²) in [5.74, 6) is 0.507. The number of nitrogens with one attached hydrogen (secondary N) is 1. The number of anilines is 1. The molecular weight excluding hydrogens is 290 g/mol. The summed E-state index contributed by atoms with van der Waals surface area (Å²) in [6.07, 6.45) is 0. The molecule has 2 heterocycles. The van der Waals surface area contributed by atoms with E-state index in [0.717, 1.165) is 26.0 Å². The van der Waals surface area contributed by atoms with Gasteiger partial charge in [0.1, 0.15) is 0 Å². The van der Waals surface area contributed by atoms with E-state index in [4.69, 9.17) is 17.3 Å². The fourth-order valence-corrected chi connectivity index (χ4v) is 3.22. The van der Waals surface area contributed by atoms with Crippen molar-refractivity contribution in [3.8, 4) is 21.7 Å². The summed E-state index contributed by atoms with van der Waals surface area (Å²) in [7, 11) is 0. The Morgan fingerprint density at radius 2 is 1.95 bits per heavy atom. The summed E-state index contributed by atoms with van der Waals surface area (Å²) in [4.78, 5) is 1.03. The lowest BCUT2D eigenvalue weighted by Gasteiger charge is -2.06. The molecule has 5 heteroatoms. The predicted molar refractivity (Wildman–Crippen MR) is 86.2 cm³/mol. The Kier molecular flexibility index (Phi) is 3.28. The minimum Gasteiger partial charge on any atom is -0.382 e. The number of rotatable bonds is 2. The summed E-state index contributed by atoms with van der Waals surface area (Å²) in [6.45, 7) is 4.19. The Hall–Kier alpha value is -1.78. The Morgan fingerprint density at radius 1 is 1.15 bits per heavy atom. The molecule has 3 nitrogen and oxygen atoms in total. The highest BCUT2D eigenvalue weighted by molar-refractivity contribution is 7.19. The van der Waals surface area contributed by atoms with E-state index in [2.05, 4.69) is 42.2 Å². The van der Waals surface area contributed by atoms with Gasteiger partial charge in [0, 0.05) is 0 Å². The van der Waals surface area contributed by atoms with Gasteiger partial charge in [0.05, 0.1) is 20.5 Å². The molecule has 0 aliphatic heterocycles. The molecule has 0 saturated carbocycles. The lowest BCUT2D eigenvalue weighted by atomic mass is 10.00. The quantitative estimate of drug-likeness (QED) is 0.723. The number of thiophene rings is 1. The molecule has 3 rings (SSSR count). The van der Waals surface area contributed by atoms with Gasteiger partial charge in [-0.3, -0.25) is 5.10 Å². The van der Waals surface area contributed by atoms with Crippen molar-refractivity contribution in [3.63, 3.8) is 0 Å². The van der Waals surface area contributed by atoms with Gasteiger partial charge in [0.2, 0.25) is 0 Å². The number of benzene rings is 1. The molecule has 2 aromatic heterocycles. The molecule has 0 fully saturated rings. The second-order valence-corrected chi connectivity index (χ2v) is 6.48. The van der Waals surface area contributed by atoms with Crippen LogP contribution in [-0.2, 0) is 0 Å². The van der Waals surface area contributed by atoms with Gasteiger partial charge in [-0.05, 0) is 42.7 Å². The van der Waals surface area contributed by atoms with Crippen LogP contribution in [0, 0.1) is 13.8 Å². The first-order chi connectivity index (χ1) is 9.56. The molecule has 0 saturated heterocycles. The largest absolute Gasteiger partial charge is 0.382 e. The van der Waals surface area contributed by atoms with Crippen molar-refractivity contribution < 1.29 is 0 Å². The fraction of sp³-hybridized carbons (Fsp3) is 0.133. The Balaban J connectivity index is 2.18. The van der Waals surface area contributed by atoms with Crippen LogP contribution in [0.2, 0.25) is 4.34 Å². The van der Waals surface area contributed by atoms with E-state index in [9.17, 15) is 0 Å². The maximum Gasteiger partial charge on any atom is 0.153 e. The summed E-state index contributed by atoms with van der Waals surface area (Å²) < 4.78 is 0.749.